The molecule has 132 valence electrons. The number of anilines is 1. The summed E-state index contributed by atoms with van der Waals surface area (Å²) in [5.74, 6) is -0.137. The van der Waals surface area contributed by atoms with Crippen molar-refractivity contribution in [2.45, 2.75) is 6.92 Å². The van der Waals surface area contributed by atoms with Gasteiger partial charge in [0.2, 0.25) is 0 Å². The first-order valence-electron chi connectivity index (χ1n) is 7.39. The molecule has 1 amide bonds. The van der Waals surface area contributed by atoms with E-state index in [0.717, 1.165) is 5.56 Å². The summed E-state index contributed by atoms with van der Waals surface area (Å²) in [7, 11) is 2.66. The summed E-state index contributed by atoms with van der Waals surface area (Å²) in [6, 6.07) is 10.2. The molecule has 2 aromatic rings. The first kappa shape index (κ1) is 18.6. The number of amides is 1. The van der Waals surface area contributed by atoms with Gasteiger partial charge in [-0.05, 0) is 30.7 Å². The highest BCUT2D eigenvalue weighted by atomic mass is 35.5. The normalized spacial score (nSPS) is 10.1. The molecular weight excluding hydrogens is 346 g/mol. The fourth-order valence-corrected chi connectivity index (χ4v) is 2.34. The van der Waals surface area contributed by atoms with Crippen LogP contribution in [-0.2, 0) is 9.53 Å². The number of aryl methyl sites for hydroxylation is 1. The molecule has 2 rings (SSSR count). The van der Waals surface area contributed by atoms with Crippen LogP contribution in [0.4, 0.5) is 5.69 Å². The lowest BCUT2D eigenvalue weighted by Crippen LogP contribution is -2.20. The third kappa shape index (κ3) is 4.87. The van der Waals surface area contributed by atoms with Crippen molar-refractivity contribution in [1.82, 2.24) is 0 Å². The molecule has 0 saturated heterocycles. The number of benzene rings is 2. The number of nitrogens with one attached hydrogen (secondary N) is 1. The Balaban J connectivity index is 2.08. The van der Waals surface area contributed by atoms with Crippen LogP contribution in [0.5, 0.6) is 11.5 Å². The first-order valence-corrected chi connectivity index (χ1v) is 7.77. The summed E-state index contributed by atoms with van der Waals surface area (Å²) >= 11 is 6.12. The summed E-state index contributed by atoms with van der Waals surface area (Å²) in [4.78, 5) is 23.8. The van der Waals surface area contributed by atoms with Gasteiger partial charge in [0.15, 0.2) is 6.61 Å². The zero-order valence-corrected chi connectivity index (χ0v) is 14.8. The van der Waals surface area contributed by atoms with Crippen LogP contribution in [0.25, 0.3) is 0 Å². The average molecular weight is 364 g/mol. The smallest absolute Gasteiger partial charge is 0.341 e. The van der Waals surface area contributed by atoms with Crippen molar-refractivity contribution in [1.29, 1.82) is 0 Å². The molecule has 25 heavy (non-hydrogen) atoms. The second-order valence-corrected chi connectivity index (χ2v) is 5.58. The van der Waals surface area contributed by atoms with E-state index in [-0.39, 0.29) is 22.9 Å². The SMILES string of the molecule is COC(=O)c1cc(Cl)c(NC(=O)COc2cccc(C)c2)cc1OC. The highest BCUT2D eigenvalue weighted by molar-refractivity contribution is 6.34. The molecule has 1 N–H and O–H groups in total. The van der Waals surface area contributed by atoms with E-state index >= 15 is 0 Å². The number of rotatable bonds is 6. The zero-order chi connectivity index (χ0) is 18.4. The number of carbonyl (C=O) groups excluding carboxylic acids is 2. The summed E-state index contributed by atoms with van der Waals surface area (Å²) in [5.41, 5.74) is 1.51. The minimum atomic E-state index is -0.584. The van der Waals surface area contributed by atoms with E-state index in [1.165, 1.54) is 26.4 Å². The van der Waals surface area contributed by atoms with Crippen LogP contribution in [0.15, 0.2) is 36.4 Å². The molecule has 7 heteroatoms. The lowest BCUT2D eigenvalue weighted by molar-refractivity contribution is -0.118. The standard InChI is InChI=1S/C18H18ClNO5/c1-11-5-4-6-12(7-11)25-10-17(21)20-15-9-16(23-2)13(8-14(15)19)18(22)24-3/h4-9H,10H2,1-3H3,(H,20,21). The highest BCUT2D eigenvalue weighted by Gasteiger charge is 2.17. The zero-order valence-electron chi connectivity index (χ0n) is 14.1. The minimum Gasteiger partial charge on any atom is -0.496 e. The Morgan fingerprint density at radius 1 is 1.16 bits per heavy atom. The monoisotopic (exact) mass is 363 g/mol. The highest BCUT2D eigenvalue weighted by Crippen LogP contribution is 2.31. The number of halogens is 1. The van der Waals surface area contributed by atoms with E-state index in [2.05, 4.69) is 10.1 Å². The molecule has 0 bridgehead atoms. The van der Waals surface area contributed by atoms with Crippen molar-refractivity contribution < 1.29 is 23.8 Å². The number of hydrogen-bond donors (Lipinski definition) is 1. The fourth-order valence-electron chi connectivity index (χ4n) is 2.13. The molecule has 0 aliphatic rings. The van der Waals surface area contributed by atoms with Crippen molar-refractivity contribution >= 4 is 29.2 Å². The lowest BCUT2D eigenvalue weighted by Gasteiger charge is -2.13. The van der Waals surface area contributed by atoms with Gasteiger partial charge in [-0.25, -0.2) is 4.79 Å². The van der Waals surface area contributed by atoms with E-state index < -0.39 is 11.9 Å². The topological polar surface area (TPSA) is 73.9 Å². The number of ether oxygens (including phenoxy) is 3. The van der Waals surface area contributed by atoms with Crippen molar-refractivity contribution in [2.24, 2.45) is 0 Å². The van der Waals surface area contributed by atoms with Crippen LogP contribution in [0.3, 0.4) is 0 Å². The maximum Gasteiger partial charge on any atom is 0.341 e. The molecular formula is C18H18ClNO5. The van der Waals surface area contributed by atoms with Gasteiger partial charge in [0.05, 0.1) is 24.9 Å². The quantitative estimate of drug-likeness (QED) is 0.795. The number of esters is 1. The first-order chi connectivity index (χ1) is 11.9. The van der Waals surface area contributed by atoms with Gasteiger partial charge in [-0.2, -0.15) is 0 Å². The van der Waals surface area contributed by atoms with Crippen LogP contribution in [0.2, 0.25) is 5.02 Å². The van der Waals surface area contributed by atoms with Gasteiger partial charge < -0.3 is 19.5 Å². The summed E-state index contributed by atoms with van der Waals surface area (Å²) in [6.45, 7) is 1.75. The van der Waals surface area contributed by atoms with Crippen LogP contribution in [-0.4, -0.2) is 32.7 Å². The summed E-state index contributed by atoms with van der Waals surface area (Å²) in [6.07, 6.45) is 0. The summed E-state index contributed by atoms with van der Waals surface area (Å²) in [5, 5.41) is 2.81. The summed E-state index contributed by atoms with van der Waals surface area (Å²) < 4.78 is 15.2. The van der Waals surface area contributed by atoms with Gasteiger partial charge >= 0.3 is 5.97 Å². The maximum atomic E-state index is 12.1. The Kier molecular flexibility index (Phi) is 6.25. The maximum absolute atomic E-state index is 12.1. The molecule has 6 nitrogen and oxygen atoms in total. The largest absolute Gasteiger partial charge is 0.496 e. The molecule has 0 atom stereocenters. The van der Waals surface area contributed by atoms with Gasteiger partial charge in [0, 0.05) is 6.07 Å². The van der Waals surface area contributed by atoms with E-state index in [9.17, 15) is 9.59 Å². The van der Waals surface area contributed by atoms with Gasteiger partial charge in [-0.3, -0.25) is 4.79 Å². The molecule has 0 aliphatic carbocycles. The predicted octanol–water partition coefficient (Wildman–Crippen LogP) is 3.46. The predicted molar refractivity (Wildman–Crippen MR) is 94.6 cm³/mol. The molecule has 0 saturated carbocycles. The third-order valence-electron chi connectivity index (χ3n) is 3.33. The minimum absolute atomic E-state index is 0.170. The number of carbonyl (C=O) groups is 2. The van der Waals surface area contributed by atoms with Gasteiger partial charge in [-0.1, -0.05) is 23.7 Å². The van der Waals surface area contributed by atoms with E-state index in [0.29, 0.717) is 11.4 Å². The van der Waals surface area contributed by atoms with Gasteiger partial charge in [0.25, 0.3) is 5.91 Å². The van der Waals surface area contributed by atoms with Crippen LogP contribution >= 0.6 is 11.6 Å². The van der Waals surface area contributed by atoms with Crippen molar-refractivity contribution in [2.75, 3.05) is 26.1 Å². The molecule has 2 aromatic carbocycles. The molecule has 0 aromatic heterocycles. The average Bonchev–Trinajstić information content (AvgIpc) is 2.60. The van der Waals surface area contributed by atoms with Crippen molar-refractivity contribution in [3.63, 3.8) is 0 Å². The van der Waals surface area contributed by atoms with Crippen molar-refractivity contribution in [3.8, 4) is 11.5 Å². The van der Waals surface area contributed by atoms with Gasteiger partial charge in [-0.15, -0.1) is 0 Å². The Morgan fingerprint density at radius 3 is 2.56 bits per heavy atom. The van der Waals surface area contributed by atoms with Crippen LogP contribution < -0.4 is 14.8 Å². The third-order valence-corrected chi connectivity index (χ3v) is 3.64. The van der Waals surface area contributed by atoms with E-state index in [1.807, 2.05) is 25.1 Å². The molecule has 0 heterocycles. The van der Waals surface area contributed by atoms with Crippen molar-refractivity contribution in [3.05, 3.63) is 52.5 Å². The Hall–Kier alpha value is -2.73. The molecule has 0 radical (unpaired) electrons. The molecule has 0 spiro atoms. The van der Waals surface area contributed by atoms with Crippen LogP contribution in [0.1, 0.15) is 15.9 Å². The Morgan fingerprint density at radius 2 is 1.92 bits per heavy atom. The van der Waals surface area contributed by atoms with E-state index in [4.69, 9.17) is 21.1 Å². The van der Waals surface area contributed by atoms with Crippen LogP contribution in [0, 0.1) is 6.92 Å². The lowest BCUT2D eigenvalue weighted by atomic mass is 10.1. The number of methoxy groups -OCH3 is 2. The fraction of sp³-hybridized carbons (Fsp3) is 0.222. The second kappa shape index (κ2) is 8.39. The second-order valence-electron chi connectivity index (χ2n) is 5.18. The molecule has 0 fully saturated rings. The molecule has 0 aliphatic heterocycles. The van der Waals surface area contributed by atoms with Gasteiger partial charge in [0.1, 0.15) is 17.1 Å². The number of hydrogen-bond acceptors (Lipinski definition) is 5. The Labute approximate surface area is 150 Å². The molecule has 0 unspecified atom stereocenters. The van der Waals surface area contributed by atoms with E-state index in [1.54, 1.807) is 6.07 Å². The Bertz CT molecular complexity index is 791.